The van der Waals surface area contributed by atoms with Gasteiger partial charge in [0.05, 0.1) is 0 Å². The number of carboxylic acids is 1. The zero-order valence-corrected chi connectivity index (χ0v) is 15.7. The van der Waals surface area contributed by atoms with Gasteiger partial charge in [-0.1, -0.05) is 13.8 Å². The molecule has 1 aromatic heterocycles. The van der Waals surface area contributed by atoms with Crippen molar-refractivity contribution >= 4 is 11.8 Å². The molecular formula is C19H30N4O2. The fourth-order valence-electron chi connectivity index (χ4n) is 4.44. The number of aromatic nitrogens is 2. The Hall–Kier alpha value is -1.69. The number of anilines is 1. The summed E-state index contributed by atoms with van der Waals surface area (Å²) < 4.78 is 0. The number of aliphatic carboxylic acids is 1. The van der Waals surface area contributed by atoms with Gasteiger partial charge in [-0.2, -0.15) is 0 Å². The van der Waals surface area contributed by atoms with Gasteiger partial charge >= 0.3 is 5.97 Å². The Morgan fingerprint density at radius 3 is 2.64 bits per heavy atom. The Balaban J connectivity index is 1.69. The Bertz CT molecular complexity index is 626. The molecule has 6 heteroatoms. The second-order valence-electron chi connectivity index (χ2n) is 7.63. The van der Waals surface area contributed by atoms with E-state index in [2.05, 4.69) is 39.7 Å². The molecule has 138 valence electrons. The van der Waals surface area contributed by atoms with Gasteiger partial charge in [0.1, 0.15) is 17.7 Å². The molecule has 6 nitrogen and oxygen atoms in total. The van der Waals surface area contributed by atoms with Crippen molar-refractivity contribution in [1.82, 2.24) is 14.9 Å². The molecule has 0 bridgehead atoms. The molecule has 1 atom stereocenters. The molecule has 0 amide bonds. The summed E-state index contributed by atoms with van der Waals surface area (Å²) in [5, 5.41) is 9.57. The SMILES string of the molecule is CCCN1CC2(CCN(c3cc(CC)nc(C)n3)CC2)C[C@H]1C(=O)O. The summed E-state index contributed by atoms with van der Waals surface area (Å²) in [6, 6.07) is 1.79. The summed E-state index contributed by atoms with van der Waals surface area (Å²) in [6.07, 6.45) is 4.80. The predicted molar refractivity (Wildman–Crippen MR) is 97.9 cm³/mol. The van der Waals surface area contributed by atoms with E-state index in [0.717, 1.165) is 75.6 Å². The molecule has 0 aliphatic carbocycles. The molecule has 2 fully saturated rings. The Labute approximate surface area is 150 Å². The van der Waals surface area contributed by atoms with Crippen molar-refractivity contribution in [1.29, 1.82) is 0 Å². The first-order valence-corrected chi connectivity index (χ1v) is 9.53. The van der Waals surface area contributed by atoms with Crippen LogP contribution in [-0.2, 0) is 11.2 Å². The number of aryl methyl sites for hydroxylation is 2. The topological polar surface area (TPSA) is 69.6 Å². The van der Waals surface area contributed by atoms with Crippen molar-refractivity contribution in [3.05, 3.63) is 17.6 Å². The molecule has 1 aromatic rings. The third-order valence-corrected chi connectivity index (χ3v) is 5.79. The second kappa shape index (κ2) is 7.28. The van der Waals surface area contributed by atoms with Crippen molar-refractivity contribution in [3.8, 4) is 0 Å². The zero-order valence-electron chi connectivity index (χ0n) is 15.7. The van der Waals surface area contributed by atoms with Gasteiger partial charge in [-0.05, 0) is 51.0 Å². The van der Waals surface area contributed by atoms with E-state index in [1.165, 1.54) is 0 Å². The number of hydrogen-bond acceptors (Lipinski definition) is 5. The molecule has 2 saturated heterocycles. The molecule has 0 saturated carbocycles. The van der Waals surface area contributed by atoms with E-state index in [4.69, 9.17) is 0 Å². The molecule has 3 heterocycles. The first-order valence-electron chi connectivity index (χ1n) is 9.53. The molecule has 0 unspecified atom stereocenters. The van der Waals surface area contributed by atoms with Gasteiger partial charge in [-0.15, -0.1) is 0 Å². The highest BCUT2D eigenvalue weighted by molar-refractivity contribution is 5.74. The van der Waals surface area contributed by atoms with Gasteiger partial charge in [0.2, 0.25) is 0 Å². The maximum absolute atomic E-state index is 11.6. The van der Waals surface area contributed by atoms with Gasteiger partial charge in [0.15, 0.2) is 0 Å². The largest absolute Gasteiger partial charge is 0.480 e. The fraction of sp³-hybridized carbons (Fsp3) is 0.737. The van der Waals surface area contributed by atoms with Crippen LogP contribution in [0.2, 0.25) is 0 Å². The lowest BCUT2D eigenvalue weighted by Crippen LogP contribution is -2.42. The van der Waals surface area contributed by atoms with E-state index in [9.17, 15) is 9.90 Å². The number of piperidine rings is 1. The number of carbonyl (C=O) groups is 1. The van der Waals surface area contributed by atoms with Crippen LogP contribution in [0.3, 0.4) is 0 Å². The number of hydrogen-bond donors (Lipinski definition) is 1. The average Bonchev–Trinajstić information content (AvgIpc) is 2.93. The van der Waals surface area contributed by atoms with Crippen LogP contribution >= 0.6 is 0 Å². The first kappa shape index (κ1) is 18.1. The standard InChI is InChI=1S/C19H30N4O2/c1-4-8-23-13-19(12-16(23)18(24)25)6-9-22(10-7-19)17-11-15(5-2)20-14(3)21-17/h11,16H,4-10,12-13H2,1-3H3,(H,24,25)/t16-/m0/s1. The monoisotopic (exact) mass is 346 g/mol. The maximum Gasteiger partial charge on any atom is 0.320 e. The predicted octanol–water partition coefficient (Wildman–Crippen LogP) is 2.50. The van der Waals surface area contributed by atoms with Crippen molar-refractivity contribution in [3.63, 3.8) is 0 Å². The third-order valence-electron chi connectivity index (χ3n) is 5.79. The molecule has 1 spiro atoms. The van der Waals surface area contributed by atoms with Crippen LogP contribution in [0.5, 0.6) is 0 Å². The van der Waals surface area contributed by atoms with Crippen molar-refractivity contribution < 1.29 is 9.90 Å². The van der Waals surface area contributed by atoms with E-state index >= 15 is 0 Å². The highest BCUT2D eigenvalue weighted by atomic mass is 16.4. The molecule has 2 aliphatic rings. The maximum atomic E-state index is 11.6. The Morgan fingerprint density at radius 2 is 2.04 bits per heavy atom. The highest BCUT2D eigenvalue weighted by Crippen LogP contribution is 2.44. The molecule has 1 N–H and O–H groups in total. The van der Waals surface area contributed by atoms with E-state index in [-0.39, 0.29) is 11.5 Å². The first-order chi connectivity index (χ1) is 12.0. The van der Waals surface area contributed by atoms with Crippen molar-refractivity contribution in [2.75, 3.05) is 31.1 Å². The van der Waals surface area contributed by atoms with Crippen LogP contribution in [0, 0.1) is 12.3 Å². The Morgan fingerprint density at radius 1 is 1.32 bits per heavy atom. The molecule has 25 heavy (non-hydrogen) atoms. The summed E-state index contributed by atoms with van der Waals surface area (Å²) >= 11 is 0. The fourth-order valence-corrected chi connectivity index (χ4v) is 4.44. The number of rotatable bonds is 5. The Kier molecular flexibility index (Phi) is 5.27. The van der Waals surface area contributed by atoms with Gasteiger partial charge in [-0.25, -0.2) is 9.97 Å². The van der Waals surface area contributed by atoms with Crippen LogP contribution < -0.4 is 4.90 Å². The van der Waals surface area contributed by atoms with Crippen LogP contribution in [0.15, 0.2) is 6.07 Å². The third kappa shape index (κ3) is 3.78. The molecule has 3 rings (SSSR count). The minimum atomic E-state index is -0.660. The van der Waals surface area contributed by atoms with Crippen molar-refractivity contribution in [2.45, 2.75) is 58.9 Å². The van der Waals surface area contributed by atoms with Crippen molar-refractivity contribution in [2.24, 2.45) is 5.41 Å². The highest BCUT2D eigenvalue weighted by Gasteiger charge is 2.47. The van der Waals surface area contributed by atoms with E-state index < -0.39 is 5.97 Å². The van der Waals surface area contributed by atoms with Crippen LogP contribution in [0.1, 0.15) is 51.0 Å². The summed E-state index contributed by atoms with van der Waals surface area (Å²) in [6.45, 7) is 9.89. The smallest absolute Gasteiger partial charge is 0.320 e. The summed E-state index contributed by atoms with van der Waals surface area (Å²) in [5.41, 5.74) is 1.24. The van der Waals surface area contributed by atoms with E-state index in [0.29, 0.717) is 0 Å². The number of carboxylic acid groups (broad SMARTS) is 1. The minimum absolute atomic E-state index is 0.157. The van der Waals surface area contributed by atoms with E-state index in [1.807, 2.05) is 6.92 Å². The molecule has 0 aromatic carbocycles. The average molecular weight is 346 g/mol. The second-order valence-corrected chi connectivity index (χ2v) is 7.63. The van der Waals surface area contributed by atoms with Gasteiger partial charge in [0, 0.05) is 31.4 Å². The zero-order chi connectivity index (χ0) is 18.0. The molecular weight excluding hydrogens is 316 g/mol. The normalized spacial score (nSPS) is 23.3. The van der Waals surface area contributed by atoms with Gasteiger partial charge < -0.3 is 10.0 Å². The summed E-state index contributed by atoms with van der Waals surface area (Å²) in [7, 11) is 0. The summed E-state index contributed by atoms with van der Waals surface area (Å²) in [4.78, 5) is 25.3. The number of likely N-dealkylation sites (tertiary alicyclic amines) is 1. The van der Waals surface area contributed by atoms with Gasteiger partial charge in [0.25, 0.3) is 0 Å². The minimum Gasteiger partial charge on any atom is -0.480 e. The van der Waals surface area contributed by atoms with E-state index in [1.54, 1.807) is 0 Å². The lowest BCUT2D eigenvalue weighted by molar-refractivity contribution is -0.142. The lowest BCUT2D eigenvalue weighted by Gasteiger charge is -2.40. The van der Waals surface area contributed by atoms with Crippen LogP contribution in [0.4, 0.5) is 5.82 Å². The molecule has 2 aliphatic heterocycles. The van der Waals surface area contributed by atoms with Crippen LogP contribution in [0.25, 0.3) is 0 Å². The number of nitrogens with zero attached hydrogens (tertiary/aromatic N) is 4. The van der Waals surface area contributed by atoms with Crippen LogP contribution in [-0.4, -0.2) is 58.2 Å². The quantitative estimate of drug-likeness (QED) is 0.883. The van der Waals surface area contributed by atoms with Gasteiger partial charge in [-0.3, -0.25) is 9.69 Å². The summed E-state index contributed by atoms with van der Waals surface area (Å²) in [5.74, 6) is 1.19. The molecule has 0 radical (unpaired) electrons. The lowest BCUT2D eigenvalue weighted by atomic mass is 9.76.